The predicted octanol–water partition coefficient (Wildman–Crippen LogP) is 2.92. The molecule has 1 amide bonds. The van der Waals surface area contributed by atoms with Crippen LogP contribution < -0.4 is 9.64 Å². The maximum atomic E-state index is 14.1. The molecule has 2 fully saturated rings. The number of aromatic nitrogens is 4. The molecule has 3 aliphatic heterocycles. The summed E-state index contributed by atoms with van der Waals surface area (Å²) in [5, 5.41) is 14.5. The molecule has 0 bridgehead atoms. The number of ether oxygens (including phenoxy) is 1. The largest absolute Gasteiger partial charge is 0.461 e. The fourth-order valence-electron chi connectivity index (χ4n) is 5.45. The molecule has 0 saturated carbocycles. The van der Waals surface area contributed by atoms with Crippen LogP contribution >= 0.6 is 23.2 Å². The van der Waals surface area contributed by atoms with Crippen LogP contribution in [0.5, 0.6) is 6.01 Å². The van der Waals surface area contributed by atoms with E-state index in [1.807, 2.05) is 4.90 Å². The summed E-state index contributed by atoms with van der Waals surface area (Å²) in [5.74, 6) is 0.0441. The summed E-state index contributed by atoms with van der Waals surface area (Å²) in [5.41, 5.74) is 0.609. The Morgan fingerprint density at radius 3 is 2.83 bits per heavy atom. The number of carbonyl (C=O) groups excluding carboxylic acids is 1. The van der Waals surface area contributed by atoms with Crippen LogP contribution in [0, 0.1) is 11.3 Å². The van der Waals surface area contributed by atoms with E-state index in [1.54, 1.807) is 18.8 Å². The first-order valence-electron chi connectivity index (χ1n) is 11.9. The fraction of sp³-hybridized carbons (Fsp3) is 0.609. The van der Waals surface area contributed by atoms with Crippen molar-refractivity contribution in [2.45, 2.75) is 50.5 Å². The van der Waals surface area contributed by atoms with Gasteiger partial charge in [-0.15, -0.1) is 0 Å². The van der Waals surface area contributed by atoms with E-state index in [9.17, 15) is 14.4 Å². The molecule has 5 rings (SSSR count). The van der Waals surface area contributed by atoms with Crippen molar-refractivity contribution in [3.63, 3.8) is 0 Å². The molecule has 0 aromatic carbocycles. The second-order valence-corrected chi connectivity index (χ2v) is 10.5. The van der Waals surface area contributed by atoms with Gasteiger partial charge in [0.05, 0.1) is 22.8 Å². The first-order chi connectivity index (χ1) is 17.2. The lowest BCUT2D eigenvalue weighted by atomic mass is 9.95. The first kappa shape index (κ1) is 25.0. The van der Waals surface area contributed by atoms with Crippen LogP contribution in [-0.2, 0) is 13.1 Å². The summed E-state index contributed by atoms with van der Waals surface area (Å²) in [6, 6.07) is 2.14. The molecule has 0 unspecified atom stereocenters. The number of anilines is 1. The molecule has 2 aromatic rings. The summed E-state index contributed by atoms with van der Waals surface area (Å²) < 4.78 is 21.9. The van der Waals surface area contributed by atoms with Gasteiger partial charge in [0, 0.05) is 40.2 Å². The minimum atomic E-state index is -0.870. The van der Waals surface area contributed by atoms with Crippen molar-refractivity contribution < 1.29 is 13.9 Å². The Bertz CT molecular complexity index is 1230. The number of nitrogens with zero attached hydrogens (tertiary/aromatic N) is 8. The zero-order chi connectivity index (χ0) is 25.6. The SMILES string of the molecule is CN(C)C(=O)c1nn2c(c1Cl)CN(c1nc(OC[C@@]34CCCN3C[C@H](F)C4)nc(Cl)c1C#N)CCC2. The molecular weight excluding hydrogens is 510 g/mol. The Morgan fingerprint density at radius 1 is 1.28 bits per heavy atom. The third kappa shape index (κ3) is 4.35. The van der Waals surface area contributed by atoms with E-state index in [-0.39, 0.29) is 52.0 Å². The van der Waals surface area contributed by atoms with E-state index in [1.165, 1.54) is 4.90 Å². The molecule has 0 aliphatic carbocycles. The van der Waals surface area contributed by atoms with Crippen LogP contribution in [0.15, 0.2) is 0 Å². The summed E-state index contributed by atoms with van der Waals surface area (Å²) in [7, 11) is 3.28. The second-order valence-electron chi connectivity index (χ2n) is 9.78. The second kappa shape index (κ2) is 9.65. The third-order valence-electron chi connectivity index (χ3n) is 7.21. The average Bonchev–Trinajstić information content (AvgIpc) is 3.40. The molecule has 0 radical (unpaired) electrons. The van der Waals surface area contributed by atoms with Crippen molar-refractivity contribution in [2.24, 2.45) is 0 Å². The average molecular weight is 537 g/mol. The van der Waals surface area contributed by atoms with E-state index < -0.39 is 6.17 Å². The Balaban J connectivity index is 1.43. The topological polar surface area (TPSA) is 103 Å². The quantitative estimate of drug-likeness (QED) is 0.537. The highest BCUT2D eigenvalue weighted by Gasteiger charge is 2.49. The Morgan fingerprint density at radius 2 is 2.08 bits per heavy atom. The molecule has 10 nitrogen and oxygen atoms in total. The van der Waals surface area contributed by atoms with Crippen LogP contribution in [0.3, 0.4) is 0 Å². The summed E-state index contributed by atoms with van der Waals surface area (Å²) >= 11 is 13.0. The van der Waals surface area contributed by atoms with E-state index in [4.69, 9.17) is 27.9 Å². The molecule has 36 heavy (non-hydrogen) atoms. The number of amides is 1. The number of carbonyl (C=O) groups is 1. The van der Waals surface area contributed by atoms with Crippen LogP contribution in [0.25, 0.3) is 0 Å². The van der Waals surface area contributed by atoms with Crippen molar-refractivity contribution in [1.29, 1.82) is 5.26 Å². The van der Waals surface area contributed by atoms with Crippen molar-refractivity contribution in [1.82, 2.24) is 29.5 Å². The van der Waals surface area contributed by atoms with Gasteiger partial charge in [-0.3, -0.25) is 14.4 Å². The zero-order valence-electron chi connectivity index (χ0n) is 20.2. The fourth-order valence-corrected chi connectivity index (χ4v) is 5.93. The minimum absolute atomic E-state index is 0.0135. The number of halogens is 3. The third-order valence-corrected chi connectivity index (χ3v) is 7.88. The van der Waals surface area contributed by atoms with E-state index in [0.717, 1.165) is 19.4 Å². The molecule has 2 atom stereocenters. The van der Waals surface area contributed by atoms with Gasteiger partial charge in [0.15, 0.2) is 16.7 Å². The van der Waals surface area contributed by atoms with Gasteiger partial charge in [-0.2, -0.15) is 20.3 Å². The lowest BCUT2D eigenvalue weighted by molar-refractivity contribution is 0.0821. The number of hydrogen-bond acceptors (Lipinski definition) is 8. The minimum Gasteiger partial charge on any atom is -0.461 e. The highest BCUT2D eigenvalue weighted by Crippen LogP contribution is 2.40. The number of nitriles is 1. The van der Waals surface area contributed by atoms with E-state index >= 15 is 0 Å². The number of fused-ring (bicyclic) bond motifs is 2. The van der Waals surface area contributed by atoms with Crippen molar-refractivity contribution in [2.75, 3.05) is 45.2 Å². The Kier molecular flexibility index (Phi) is 6.70. The Labute approximate surface area is 218 Å². The standard InChI is InChI=1S/C23H27Cl2FN8O2/c1-31(2)21(35)18-17(24)16-12-32(6-4-8-34(16)30-18)20-15(10-27)19(25)28-22(29-20)36-13-23-5-3-7-33(23)11-14(26)9-23/h14H,3-9,11-13H2,1-2H3/t14-,23+/m1/s1. The lowest BCUT2D eigenvalue weighted by Gasteiger charge is -2.31. The molecule has 2 saturated heterocycles. The van der Waals surface area contributed by atoms with Crippen LogP contribution in [0.1, 0.15) is 47.4 Å². The van der Waals surface area contributed by atoms with Crippen LogP contribution in [-0.4, -0.2) is 87.5 Å². The van der Waals surface area contributed by atoms with Crippen molar-refractivity contribution >= 4 is 34.9 Å². The summed E-state index contributed by atoms with van der Waals surface area (Å²) in [6.45, 7) is 2.91. The summed E-state index contributed by atoms with van der Waals surface area (Å²) in [6.07, 6.45) is 2.08. The first-order valence-corrected chi connectivity index (χ1v) is 12.7. The van der Waals surface area contributed by atoms with Crippen LogP contribution in [0.2, 0.25) is 10.2 Å². The smallest absolute Gasteiger partial charge is 0.319 e. The van der Waals surface area contributed by atoms with Gasteiger partial charge in [-0.25, -0.2) is 4.39 Å². The van der Waals surface area contributed by atoms with E-state index in [2.05, 4.69) is 26.0 Å². The predicted molar refractivity (Wildman–Crippen MR) is 131 cm³/mol. The van der Waals surface area contributed by atoms with Gasteiger partial charge >= 0.3 is 6.01 Å². The lowest BCUT2D eigenvalue weighted by Crippen LogP contribution is -2.43. The molecule has 13 heteroatoms. The number of aryl methyl sites for hydroxylation is 1. The zero-order valence-corrected chi connectivity index (χ0v) is 21.7. The molecular formula is C23H27Cl2FN8O2. The maximum Gasteiger partial charge on any atom is 0.319 e. The number of alkyl halides is 1. The highest BCUT2D eigenvalue weighted by atomic mass is 35.5. The van der Waals surface area contributed by atoms with Gasteiger partial charge < -0.3 is 14.5 Å². The molecule has 5 heterocycles. The molecule has 192 valence electrons. The molecule has 3 aliphatic rings. The number of hydrogen-bond donors (Lipinski definition) is 0. The van der Waals surface area contributed by atoms with Gasteiger partial charge in [-0.1, -0.05) is 23.2 Å². The summed E-state index contributed by atoms with van der Waals surface area (Å²) in [4.78, 5) is 26.7. The van der Waals surface area contributed by atoms with Gasteiger partial charge in [0.1, 0.15) is 24.4 Å². The van der Waals surface area contributed by atoms with Gasteiger partial charge in [0.25, 0.3) is 5.91 Å². The van der Waals surface area contributed by atoms with Gasteiger partial charge in [-0.05, 0) is 25.8 Å². The maximum absolute atomic E-state index is 14.1. The van der Waals surface area contributed by atoms with Crippen LogP contribution in [0.4, 0.5) is 10.2 Å². The van der Waals surface area contributed by atoms with Crippen molar-refractivity contribution in [3.05, 3.63) is 27.1 Å². The monoisotopic (exact) mass is 536 g/mol. The Hall–Kier alpha value is -2.68. The normalized spacial score (nSPS) is 23.7. The van der Waals surface area contributed by atoms with Gasteiger partial charge in [0.2, 0.25) is 0 Å². The molecule has 0 spiro atoms. The highest BCUT2D eigenvalue weighted by molar-refractivity contribution is 6.34. The number of rotatable bonds is 5. The molecule has 2 aromatic heterocycles. The van der Waals surface area contributed by atoms with Crippen molar-refractivity contribution in [3.8, 4) is 12.1 Å². The molecule has 0 N–H and O–H groups in total. The van der Waals surface area contributed by atoms with E-state index in [0.29, 0.717) is 44.0 Å².